The van der Waals surface area contributed by atoms with E-state index in [2.05, 4.69) is 16.0 Å². The molecule has 0 fully saturated rings. The summed E-state index contributed by atoms with van der Waals surface area (Å²) in [6.07, 6.45) is -2.00. The fraction of sp³-hybridized carbons (Fsp3) is 0.333. The Morgan fingerprint density at radius 1 is 1.45 bits per heavy atom. The van der Waals surface area contributed by atoms with Gasteiger partial charge in [0, 0.05) is 23.7 Å². The summed E-state index contributed by atoms with van der Waals surface area (Å²) in [5.41, 5.74) is 1.50. The SMILES string of the molecule is O=C(O)NC[C@@H](O)CNc1ccc2c(c1)NC(=O)CS2. The molecule has 108 valence electrons. The molecule has 20 heavy (non-hydrogen) atoms. The van der Waals surface area contributed by atoms with Gasteiger partial charge in [0.25, 0.3) is 0 Å². The topological polar surface area (TPSA) is 111 Å². The molecule has 1 aliphatic heterocycles. The number of carboxylic acid groups (broad SMARTS) is 1. The molecule has 0 aromatic heterocycles. The van der Waals surface area contributed by atoms with Crippen molar-refractivity contribution in [3.8, 4) is 0 Å². The van der Waals surface area contributed by atoms with Crippen molar-refractivity contribution in [2.45, 2.75) is 11.0 Å². The molecule has 0 saturated carbocycles. The molecular formula is C12H15N3O4S. The summed E-state index contributed by atoms with van der Waals surface area (Å²) in [6.45, 7) is 0.167. The van der Waals surface area contributed by atoms with Crippen LogP contribution in [0, 0.1) is 0 Å². The molecule has 0 bridgehead atoms. The zero-order chi connectivity index (χ0) is 14.5. The number of carbonyl (C=O) groups is 2. The van der Waals surface area contributed by atoms with Gasteiger partial charge in [-0.25, -0.2) is 4.79 Å². The first kappa shape index (κ1) is 14.5. The van der Waals surface area contributed by atoms with Crippen molar-refractivity contribution in [2.24, 2.45) is 0 Å². The van der Waals surface area contributed by atoms with Gasteiger partial charge in [-0.2, -0.15) is 0 Å². The van der Waals surface area contributed by atoms with Crippen molar-refractivity contribution < 1.29 is 19.8 Å². The van der Waals surface area contributed by atoms with Gasteiger partial charge in [0.1, 0.15) is 0 Å². The van der Waals surface area contributed by atoms with Crippen molar-refractivity contribution in [2.75, 3.05) is 29.5 Å². The fourth-order valence-electron chi connectivity index (χ4n) is 1.71. The Morgan fingerprint density at radius 2 is 2.25 bits per heavy atom. The monoisotopic (exact) mass is 297 g/mol. The van der Waals surface area contributed by atoms with Gasteiger partial charge in [0.15, 0.2) is 0 Å². The number of nitrogens with one attached hydrogen (secondary N) is 3. The van der Waals surface area contributed by atoms with Gasteiger partial charge >= 0.3 is 6.09 Å². The zero-order valence-corrected chi connectivity index (χ0v) is 11.4. The highest BCUT2D eigenvalue weighted by molar-refractivity contribution is 8.00. The number of anilines is 2. The third-order valence-electron chi connectivity index (χ3n) is 2.64. The lowest BCUT2D eigenvalue weighted by Crippen LogP contribution is -2.34. The number of hydrogen-bond donors (Lipinski definition) is 5. The summed E-state index contributed by atoms with van der Waals surface area (Å²) in [6, 6.07) is 5.53. The third kappa shape index (κ3) is 4.04. The lowest BCUT2D eigenvalue weighted by Gasteiger charge is -2.18. The summed E-state index contributed by atoms with van der Waals surface area (Å²) in [4.78, 5) is 22.6. The summed E-state index contributed by atoms with van der Waals surface area (Å²) < 4.78 is 0. The van der Waals surface area contributed by atoms with Crippen LogP contribution < -0.4 is 16.0 Å². The molecule has 0 saturated heterocycles. The van der Waals surface area contributed by atoms with Crippen LogP contribution >= 0.6 is 11.8 Å². The molecule has 1 aromatic carbocycles. The third-order valence-corrected chi connectivity index (χ3v) is 3.72. The number of amides is 2. The predicted octanol–water partition coefficient (Wildman–Crippen LogP) is 0.771. The quantitative estimate of drug-likeness (QED) is 0.549. The van der Waals surface area contributed by atoms with Crippen LogP contribution in [0.2, 0.25) is 0 Å². The van der Waals surface area contributed by atoms with E-state index in [1.807, 2.05) is 12.1 Å². The first-order valence-corrected chi connectivity index (χ1v) is 6.98. The summed E-state index contributed by atoms with van der Waals surface area (Å²) >= 11 is 1.48. The highest BCUT2D eigenvalue weighted by atomic mass is 32.2. The zero-order valence-electron chi connectivity index (χ0n) is 10.5. The Bertz CT molecular complexity index is 523. The van der Waals surface area contributed by atoms with Crippen LogP contribution in [0.3, 0.4) is 0 Å². The Balaban J connectivity index is 1.89. The average Bonchev–Trinajstić information content (AvgIpc) is 2.42. The molecule has 0 unspecified atom stereocenters. The standard InChI is InChI=1S/C12H15N3O4S/c16-8(5-14-12(18)19)4-13-7-1-2-10-9(3-7)15-11(17)6-20-10/h1-3,8,13-14,16H,4-6H2,(H,15,17)(H,18,19)/t8-/m0/s1. The fourth-order valence-corrected chi connectivity index (χ4v) is 2.49. The molecular weight excluding hydrogens is 282 g/mol. The Hall–Kier alpha value is -1.93. The Labute approximate surface area is 119 Å². The average molecular weight is 297 g/mol. The maximum Gasteiger partial charge on any atom is 0.404 e. The maximum atomic E-state index is 11.3. The highest BCUT2D eigenvalue weighted by Gasteiger charge is 2.15. The number of carbonyl (C=O) groups excluding carboxylic acids is 1. The van der Waals surface area contributed by atoms with Crippen molar-refractivity contribution in [1.82, 2.24) is 5.32 Å². The van der Waals surface area contributed by atoms with E-state index < -0.39 is 12.2 Å². The van der Waals surface area contributed by atoms with E-state index in [-0.39, 0.29) is 19.0 Å². The molecule has 0 radical (unpaired) electrons. The number of hydrogen-bond acceptors (Lipinski definition) is 5. The van der Waals surface area contributed by atoms with Gasteiger partial charge < -0.3 is 26.2 Å². The predicted molar refractivity (Wildman–Crippen MR) is 76.3 cm³/mol. The van der Waals surface area contributed by atoms with Crippen molar-refractivity contribution >= 4 is 35.1 Å². The van der Waals surface area contributed by atoms with E-state index in [9.17, 15) is 14.7 Å². The van der Waals surface area contributed by atoms with Gasteiger partial charge in [-0.05, 0) is 18.2 Å². The molecule has 2 rings (SSSR count). The number of rotatable bonds is 5. The second kappa shape index (κ2) is 6.49. The number of fused-ring (bicyclic) bond motifs is 1. The minimum atomic E-state index is -1.17. The van der Waals surface area contributed by atoms with E-state index in [4.69, 9.17) is 5.11 Å². The number of aliphatic hydroxyl groups excluding tert-OH is 1. The van der Waals surface area contributed by atoms with Gasteiger partial charge in [-0.3, -0.25) is 4.79 Å². The number of aliphatic hydroxyl groups is 1. The lowest BCUT2D eigenvalue weighted by atomic mass is 10.2. The molecule has 0 aliphatic carbocycles. The van der Waals surface area contributed by atoms with E-state index in [1.165, 1.54) is 11.8 Å². The largest absolute Gasteiger partial charge is 0.465 e. The molecule has 5 N–H and O–H groups in total. The molecule has 1 heterocycles. The van der Waals surface area contributed by atoms with Gasteiger partial charge in [0.05, 0.1) is 17.5 Å². The van der Waals surface area contributed by atoms with Crippen LogP contribution in [0.1, 0.15) is 0 Å². The second-order valence-corrected chi connectivity index (χ2v) is 5.29. The lowest BCUT2D eigenvalue weighted by molar-refractivity contribution is -0.113. The van der Waals surface area contributed by atoms with Gasteiger partial charge in [-0.15, -0.1) is 11.8 Å². The molecule has 7 nitrogen and oxygen atoms in total. The number of thioether (sulfide) groups is 1. The first-order valence-electron chi connectivity index (χ1n) is 6.00. The van der Waals surface area contributed by atoms with Crippen molar-refractivity contribution in [3.63, 3.8) is 0 Å². The smallest absolute Gasteiger partial charge is 0.404 e. The Morgan fingerprint density at radius 3 is 3.00 bits per heavy atom. The molecule has 2 amide bonds. The van der Waals surface area contributed by atoms with Crippen LogP contribution in [0.15, 0.2) is 23.1 Å². The molecule has 0 spiro atoms. The molecule has 1 aliphatic rings. The minimum absolute atomic E-state index is 0.0367. The molecule has 1 atom stereocenters. The summed E-state index contributed by atoms with van der Waals surface area (Å²) in [5.74, 6) is 0.379. The highest BCUT2D eigenvalue weighted by Crippen LogP contribution is 2.33. The normalized spacial score (nSPS) is 14.9. The molecule has 8 heteroatoms. The van der Waals surface area contributed by atoms with Crippen LogP contribution in [-0.4, -0.2) is 47.2 Å². The second-order valence-electron chi connectivity index (χ2n) is 4.27. The van der Waals surface area contributed by atoms with E-state index in [0.29, 0.717) is 5.75 Å². The van der Waals surface area contributed by atoms with Crippen LogP contribution in [0.4, 0.5) is 16.2 Å². The molecule has 1 aromatic rings. The Kier molecular flexibility index (Phi) is 4.70. The van der Waals surface area contributed by atoms with Gasteiger partial charge in [0.2, 0.25) is 5.91 Å². The minimum Gasteiger partial charge on any atom is -0.465 e. The van der Waals surface area contributed by atoms with Crippen LogP contribution in [-0.2, 0) is 4.79 Å². The van der Waals surface area contributed by atoms with Crippen LogP contribution in [0.25, 0.3) is 0 Å². The van der Waals surface area contributed by atoms with Crippen molar-refractivity contribution in [1.29, 1.82) is 0 Å². The number of benzene rings is 1. The summed E-state index contributed by atoms with van der Waals surface area (Å²) in [7, 11) is 0. The van der Waals surface area contributed by atoms with E-state index in [0.717, 1.165) is 16.3 Å². The van der Waals surface area contributed by atoms with E-state index in [1.54, 1.807) is 6.07 Å². The van der Waals surface area contributed by atoms with E-state index >= 15 is 0 Å². The van der Waals surface area contributed by atoms with Crippen LogP contribution in [0.5, 0.6) is 0 Å². The maximum absolute atomic E-state index is 11.3. The van der Waals surface area contributed by atoms with Crippen molar-refractivity contribution in [3.05, 3.63) is 18.2 Å². The summed E-state index contributed by atoms with van der Waals surface area (Å²) in [5, 5.41) is 25.9. The first-order chi connectivity index (χ1) is 9.54. The van der Waals surface area contributed by atoms with Gasteiger partial charge in [-0.1, -0.05) is 0 Å².